The van der Waals surface area contributed by atoms with Gasteiger partial charge < -0.3 is 9.74 Å². The Morgan fingerprint density at radius 2 is 2.50 bits per heavy atom. The molecule has 0 radical (unpaired) electrons. The van der Waals surface area contributed by atoms with Crippen LogP contribution in [0.4, 0.5) is 4.79 Å². The second-order valence-corrected chi connectivity index (χ2v) is 1.83. The standard InChI is InChI=1S/C4H11NO2Si/c1-2-3-5-4(6)7-8/h2-3H2,1,8H3,(H,5,6). The molecule has 0 heterocycles. The maximum atomic E-state index is 10.3. The minimum absolute atomic E-state index is 0.293. The van der Waals surface area contributed by atoms with Gasteiger partial charge in [0.15, 0.2) is 0 Å². The Kier molecular flexibility index (Phi) is 4.34. The predicted molar refractivity (Wildman–Crippen MR) is 34.7 cm³/mol. The van der Waals surface area contributed by atoms with Crippen molar-refractivity contribution in [1.29, 1.82) is 0 Å². The van der Waals surface area contributed by atoms with Gasteiger partial charge >= 0.3 is 6.09 Å². The van der Waals surface area contributed by atoms with Crippen LogP contribution in [0.2, 0.25) is 0 Å². The maximum Gasteiger partial charge on any atom is 0.392 e. The minimum Gasteiger partial charge on any atom is -0.513 e. The maximum absolute atomic E-state index is 10.3. The van der Waals surface area contributed by atoms with Crippen LogP contribution in [0.5, 0.6) is 0 Å². The van der Waals surface area contributed by atoms with Gasteiger partial charge in [0.1, 0.15) is 0 Å². The number of carbonyl (C=O) groups excluding carboxylic acids is 1. The van der Waals surface area contributed by atoms with Crippen molar-refractivity contribution in [3.63, 3.8) is 0 Å². The van der Waals surface area contributed by atoms with E-state index in [0.29, 0.717) is 17.0 Å². The smallest absolute Gasteiger partial charge is 0.392 e. The average Bonchev–Trinajstić information content (AvgIpc) is 1.83. The molecule has 0 bridgehead atoms. The number of rotatable bonds is 2. The van der Waals surface area contributed by atoms with Gasteiger partial charge in [-0.2, -0.15) is 0 Å². The van der Waals surface area contributed by atoms with E-state index in [4.69, 9.17) is 0 Å². The molecule has 0 aliphatic rings. The summed E-state index contributed by atoms with van der Waals surface area (Å²) in [5.41, 5.74) is 0. The van der Waals surface area contributed by atoms with Crippen LogP contribution in [-0.2, 0) is 4.43 Å². The van der Waals surface area contributed by atoms with Gasteiger partial charge in [-0.15, -0.1) is 0 Å². The number of amides is 1. The van der Waals surface area contributed by atoms with Gasteiger partial charge in [0.2, 0.25) is 10.5 Å². The van der Waals surface area contributed by atoms with E-state index in [0.717, 1.165) is 6.42 Å². The van der Waals surface area contributed by atoms with Crippen molar-refractivity contribution in [2.45, 2.75) is 13.3 Å². The van der Waals surface area contributed by atoms with Crippen molar-refractivity contribution in [2.24, 2.45) is 0 Å². The molecule has 0 aliphatic carbocycles. The van der Waals surface area contributed by atoms with Crippen LogP contribution in [0, 0.1) is 0 Å². The molecule has 0 spiro atoms. The molecule has 3 nitrogen and oxygen atoms in total. The first-order valence-corrected chi connectivity index (χ1v) is 3.44. The Hall–Kier alpha value is -0.513. The second kappa shape index (κ2) is 4.64. The van der Waals surface area contributed by atoms with E-state index >= 15 is 0 Å². The summed E-state index contributed by atoms with van der Waals surface area (Å²) in [7, 11) is 0.478. The zero-order chi connectivity index (χ0) is 6.41. The number of hydrogen-bond acceptors (Lipinski definition) is 2. The van der Waals surface area contributed by atoms with Gasteiger partial charge in [-0.05, 0) is 6.42 Å². The molecule has 0 rings (SSSR count). The van der Waals surface area contributed by atoms with Crippen molar-refractivity contribution in [1.82, 2.24) is 5.32 Å². The highest BCUT2D eigenvalue weighted by atomic mass is 28.2. The lowest BCUT2D eigenvalue weighted by molar-refractivity contribution is 0.204. The summed E-state index contributed by atoms with van der Waals surface area (Å²) in [6.07, 6.45) is 0.662. The van der Waals surface area contributed by atoms with Crippen LogP contribution in [0.15, 0.2) is 0 Å². The van der Waals surface area contributed by atoms with Crippen molar-refractivity contribution in [3.8, 4) is 0 Å². The molecule has 0 aromatic heterocycles. The monoisotopic (exact) mass is 133 g/mol. The largest absolute Gasteiger partial charge is 0.513 e. The fourth-order valence-corrected chi connectivity index (χ4v) is 0.444. The van der Waals surface area contributed by atoms with Gasteiger partial charge in [-0.1, -0.05) is 6.92 Å². The van der Waals surface area contributed by atoms with E-state index in [-0.39, 0.29) is 6.09 Å². The Balaban J connectivity index is 2.99. The topological polar surface area (TPSA) is 38.3 Å². The zero-order valence-corrected chi connectivity index (χ0v) is 7.23. The summed E-state index contributed by atoms with van der Waals surface area (Å²) >= 11 is 0. The van der Waals surface area contributed by atoms with Crippen LogP contribution in [0.1, 0.15) is 13.3 Å². The van der Waals surface area contributed by atoms with Crippen LogP contribution in [0.3, 0.4) is 0 Å². The SMILES string of the molecule is CCCNC(=O)O[SiH3]. The van der Waals surface area contributed by atoms with Crippen molar-refractivity contribution in [2.75, 3.05) is 6.54 Å². The van der Waals surface area contributed by atoms with E-state index < -0.39 is 0 Å². The number of hydrogen-bond donors (Lipinski definition) is 1. The van der Waals surface area contributed by atoms with Gasteiger partial charge in [-0.25, -0.2) is 4.79 Å². The van der Waals surface area contributed by atoms with E-state index in [1.54, 1.807) is 0 Å². The summed E-state index contributed by atoms with van der Waals surface area (Å²) in [5, 5.41) is 2.56. The fraction of sp³-hybridized carbons (Fsp3) is 0.750. The summed E-state index contributed by atoms with van der Waals surface area (Å²) in [6.45, 7) is 2.70. The van der Waals surface area contributed by atoms with Crippen molar-refractivity contribution >= 4 is 16.6 Å². The molecule has 8 heavy (non-hydrogen) atoms. The summed E-state index contributed by atoms with van der Waals surface area (Å²) in [6, 6.07) is 0. The third-order valence-electron chi connectivity index (χ3n) is 0.705. The first-order valence-electron chi connectivity index (χ1n) is 2.63. The molecule has 4 heteroatoms. The molecule has 0 aliphatic heterocycles. The quantitative estimate of drug-likeness (QED) is 0.511. The third kappa shape index (κ3) is 3.67. The molecule has 48 valence electrons. The predicted octanol–water partition coefficient (Wildman–Crippen LogP) is -0.597. The van der Waals surface area contributed by atoms with Crippen LogP contribution >= 0.6 is 0 Å². The molecule has 1 N–H and O–H groups in total. The highest BCUT2D eigenvalue weighted by Crippen LogP contribution is 1.72. The lowest BCUT2D eigenvalue weighted by Gasteiger charge is -1.99. The molecule has 0 atom stereocenters. The Labute approximate surface area is 52.0 Å². The Bertz CT molecular complexity index is 76.4. The molecule has 0 fully saturated rings. The van der Waals surface area contributed by atoms with E-state index in [1.807, 2.05) is 6.92 Å². The van der Waals surface area contributed by atoms with Crippen LogP contribution in [0.25, 0.3) is 0 Å². The Morgan fingerprint density at radius 1 is 1.88 bits per heavy atom. The summed E-state index contributed by atoms with van der Waals surface area (Å²) < 4.78 is 4.44. The third-order valence-corrected chi connectivity index (χ3v) is 1.08. The van der Waals surface area contributed by atoms with Gasteiger partial charge in [0.05, 0.1) is 0 Å². The van der Waals surface area contributed by atoms with E-state index in [2.05, 4.69) is 9.74 Å². The number of nitrogens with one attached hydrogen (secondary N) is 1. The lowest BCUT2D eigenvalue weighted by atomic mass is 10.5. The Morgan fingerprint density at radius 3 is 2.88 bits per heavy atom. The number of carbonyl (C=O) groups is 1. The summed E-state index contributed by atoms with van der Waals surface area (Å²) in [5.74, 6) is 0. The van der Waals surface area contributed by atoms with Gasteiger partial charge in [-0.3, -0.25) is 0 Å². The first kappa shape index (κ1) is 7.49. The summed E-state index contributed by atoms with van der Waals surface area (Å²) in [4.78, 5) is 10.3. The van der Waals surface area contributed by atoms with Gasteiger partial charge in [0, 0.05) is 6.54 Å². The van der Waals surface area contributed by atoms with Crippen LogP contribution < -0.4 is 5.32 Å². The highest BCUT2D eigenvalue weighted by Gasteiger charge is 1.91. The fourth-order valence-electron chi connectivity index (χ4n) is 0.299. The van der Waals surface area contributed by atoms with Crippen molar-refractivity contribution in [3.05, 3.63) is 0 Å². The average molecular weight is 133 g/mol. The molecular formula is C4H11NO2Si. The lowest BCUT2D eigenvalue weighted by Crippen LogP contribution is -2.23. The van der Waals surface area contributed by atoms with Gasteiger partial charge in [0.25, 0.3) is 0 Å². The highest BCUT2D eigenvalue weighted by molar-refractivity contribution is 6.04. The van der Waals surface area contributed by atoms with E-state index in [1.165, 1.54) is 0 Å². The molecular weight excluding hydrogens is 122 g/mol. The van der Waals surface area contributed by atoms with Crippen LogP contribution in [-0.4, -0.2) is 23.1 Å². The van der Waals surface area contributed by atoms with E-state index in [9.17, 15) is 4.79 Å². The first-order chi connectivity index (χ1) is 3.81. The second-order valence-electron chi connectivity index (χ2n) is 1.42. The minimum atomic E-state index is -0.293. The normalized spacial score (nSPS) is 8.62. The molecule has 1 amide bonds. The molecule has 0 saturated carbocycles. The molecule has 0 aromatic rings. The van der Waals surface area contributed by atoms with Crippen molar-refractivity contribution < 1.29 is 9.22 Å². The molecule has 0 saturated heterocycles. The molecule has 0 aromatic carbocycles. The molecule has 0 unspecified atom stereocenters. The zero-order valence-electron chi connectivity index (χ0n) is 5.23.